The summed E-state index contributed by atoms with van der Waals surface area (Å²) in [6, 6.07) is 25.6. The molecule has 5 rings (SSSR count). The highest BCUT2D eigenvalue weighted by Gasteiger charge is 2.28. The van der Waals surface area contributed by atoms with Gasteiger partial charge in [-0.15, -0.1) is 0 Å². The summed E-state index contributed by atoms with van der Waals surface area (Å²) in [7, 11) is 0. The molecular formula is C24H18O. The third-order valence-electron chi connectivity index (χ3n) is 5.09. The van der Waals surface area contributed by atoms with Crippen LogP contribution in [0.5, 0.6) is 11.5 Å². The van der Waals surface area contributed by atoms with E-state index in [1.165, 1.54) is 32.7 Å². The largest absolute Gasteiger partial charge is 0.457 e. The molecular weight excluding hydrogens is 304 g/mol. The molecule has 4 aromatic carbocycles. The molecule has 0 N–H and O–H groups in total. The van der Waals surface area contributed by atoms with Crippen molar-refractivity contribution >= 4 is 21.5 Å². The summed E-state index contributed by atoms with van der Waals surface area (Å²) >= 11 is 0. The molecule has 0 aliphatic carbocycles. The van der Waals surface area contributed by atoms with Gasteiger partial charge < -0.3 is 4.74 Å². The van der Waals surface area contributed by atoms with E-state index in [2.05, 4.69) is 91.9 Å². The quantitative estimate of drug-likeness (QED) is 0.350. The zero-order valence-corrected chi connectivity index (χ0v) is 14.1. The Labute approximate surface area is 147 Å². The summed E-state index contributed by atoms with van der Waals surface area (Å²) in [4.78, 5) is 0. The summed E-state index contributed by atoms with van der Waals surface area (Å²) in [6.45, 7) is 2.09. The Morgan fingerprint density at radius 2 is 1.20 bits per heavy atom. The van der Waals surface area contributed by atoms with Crippen LogP contribution >= 0.6 is 0 Å². The van der Waals surface area contributed by atoms with Crippen molar-refractivity contribution in [2.45, 2.75) is 12.8 Å². The molecule has 120 valence electrons. The maximum Gasteiger partial charge on any atom is 0.132 e. The van der Waals surface area contributed by atoms with Gasteiger partial charge in [0.1, 0.15) is 11.5 Å². The summed E-state index contributed by atoms with van der Waals surface area (Å²) in [5, 5.41) is 5.04. The first kappa shape index (κ1) is 14.3. The van der Waals surface area contributed by atoms with Gasteiger partial charge in [0.15, 0.2) is 0 Å². The highest BCUT2D eigenvalue weighted by molar-refractivity contribution is 5.94. The topological polar surface area (TPSA) is 9.23 Å². The molecule has 4 aromatic rings. The van der Waals surface area contributed by atoms with Gasteiger partial charge in [-0.2, -0.15) is 0 Å². The maximum atomic E-state index is 6.34. The van der Waals surface area contributed by atoms with Crippen LogP contribution < -0.4 is 4.74 Å². The Bertz CT molecular complexity index is 1050. The number of ether oxygens (including phenoxy) is 1. The van der Waals surface area contributed by atoms with Gasteiger partial charge in [-0.1, -0.05) is 72.8 Å². The summed E-state index contributed by atoms with van der Waals surface area (Å²) in [6.07, 6.45) is 4.44. The van der Waals surface area contributed by atoms with Crippen molar-refractivity contribution in [2.24, 2.45) is 0 Å². The fourth-order valence-corrected chi connectivity index (χ4v) is 4.02. The first-order valence-corrected chi connectivity index (χ1v) is 8.71. The Balaban J connectivity index is 1.89. The average Bonchev–Trinajstić information content (AvgIpc) is 2.67. The van der Waals surface area contributed by atoms with Gasteiger partial charge in [-0.05, 0) is 40.6 Å². The minimum absolute atomic E-state index is 0.195. The minimum Gasteiger partial charge on any atom is -0.457 e. The highest BCUT2D eigenvalue weighted by Crippen LogP contribution is 2.49. The number of allylic oxidation sites excluding steroid dienone is 2. The van der Waals surface area contributed by atoms with Crippen LogP contribution in [0.4, 0.5) is 0 Å². The number of benzene rings is 4. The van der Waals surface area contributed by atoms with Crippen LogP contribution in [0.3, 0.4) is 0 Å². The molecule has 0 saturated heterocycles. The lowest BCUT2D eigenvalue weighted by molar-refractivity contribution is 0.457. The van der Waals surface area contributed by atoms with Crippen molar-refractivity contribution in [3.8, 4) is 11.5 Å². The molecule has 1 heterocycles. The van der Waals surface area contributed by atoms with Crippen LogP contribution in [-0.4, -0.2) is 0 Å². The number of fused-ring (bicyclic) bond motifs is 6. The predicted octanol–water partition coefficient (Wildman–Crippen LogP) is 6.81. The molecule has 0 bridgehead atoms. The lowest BCUT2D eigenvalue weighted by atomic mass is 9.82. The fourth-order valence-electron chi connectivity index (χ4n) is 4.02. The Kier molecular flexibility index (Phi) is 3.14. The number of rotatable bonds is 1. The molecule has 0 atom stereocenters. The molecule has 25 heavy (non-hydrogen) atoms. The van der Waals surface area contributed by atoms with Crippen molar-refractivity contribution < 1.29 is 4.74 Å². The Morgan fingerprint density at radius 3 is 1.72 bits per heavy atom. The smallest absolute Gasteiger partial charge is 0.132 e. The molecule has 0 amide bonds. The normalized spacial score (nSPS) is 13.8. The third kappa shape index (κ3) is 2.09. The molecule has 0 radical (unpaired) electrons. The van der Waals surface area contributed by atoms with Crippen LogP contribution in [0.25, 0.3) is 21.5 Å². The zero-order chi connectivity index (χ0) is 16.8. The molecule has 0 saturated carbocycles. The van der Waals surface area contributed by atoms with Crippen LogP contribution in [0.2, 0.25) is 0 Å². The van der Waals surface area contributed by atoms with Crippen LogP contribution in [0.15, 0.2) is 84.9 Å². The van der Waals surface area contributed by atoms with Crippen molar-refractivity contribution in [3.05, 3.63) is 96.1 Å². The second-order valence-corrected chi connectivity index (χ2v) is 6.50. The second kappa shape index (κ2) is 5.49. The zero-order valence-electron chi connectivity index (χ0n) is 14.1. The summed E-state index contributed by atoms with van der Waals surface area (Å²) in [5.74, 6) is 2.12. The second-order valence-electron chi connectivity index (χ2n) is 6.50. The van der Waals surface area contributed by atoms with Gasteiger partial charge in [0.05, 0.1) is 0 Å². The molecule has 1 nitrogen and oxygen atoms in total. The third-order valence-corrected chi connectivity index (χ3v) is 5.09. The minimum atomic E-state index is 0.195. The molecule has 1 heteroatoms. The van der Waals surface area contributed by atoms with Crippen molar-refractivity contribution in [2.75, 3.05) is 0 Å². The molecule has 1 aliphatic heterocycles. The van der Waals surface area contributed by atoms with E-state index in [0.717, 1.165) is 11.5 Å². The SMILES string of the molecule is C/C=C/C1c2c(ccc3ccccc23)Oc2ccc3ccccc3c21. The highest BCUT2D eigenvalue weighted by atomic mass is 16.5. The van der Waals surface area contributed by atoms with Crippen LogP contribution in [0, 0.1) is 0 Å². The standard InChI is InChI=1S/C24H18O/c1-2-7-20-23-18-10-5-3-8-16(18)12-14-21(23)25-22-15-13-17-9-4-6-11-19(17)24(20)22/h2-15,20H,1H3/b7-2+. The Hall–Kier alpha value is -3.06. The number of hydrogen-bond acceptors (Lipinski definition) is 1. The van der Waals surface area contributed by atoms with E-state index in [4.69, 9.17) is 4.74 Å². The monoisotopic (exact) mass is 322 g/mol. The molecule has 0 unspecified atom stereocenters. The maximum absolute atomic E-state index is 6.34. The van der Waals surface area contributed by atoms with E-state index >= 15 is 0 Å². The van der Waals surface area contributed by atoms with Crippen LogP contribution in [0.1, 0.15) is 24.0 Å². The average molecular weight is 322 g/mol. The fraction of sp³-hybridized carbons (Fsp3) is 0.0833. The Morgan fingerprint density at radius 1 is 0.680 bits per heavy atom. The van der Waals surface area contributed by atoms with Gasteiger partial charge in [-0.25, -0.2) is 0 Å². The van der Waals surface area contributed by atoms with Gasteiger partial charge >= 0.3 is 0 Å². The molecule has 1 aliphatic rings. The summed E-state index contributed by atoms with van der Waals surface area (Å²) < 4.78 is 6.34. The van der Waals surface area contributed by atoms with Crippen molar-refractivity contribution in [1.29, 1.82) is 0 Å². The first-order chi connectivity index (χ1) is 12.4. The van der Waals surface area contributed by atoms with E-state index in [9.17, 15) is 0 Å². The van der Waals surface area contributed by atoms with E-state index in [-0.39, 0.29) is 5.92 Å². The summed E-state index contributed by atoms with van der Waals surface area (Å²) in [5.41, 5.74) is 2.53. The van der Waals surface area contributed by atoms with Gasteiger partial charge in [-0.3, -0.25) is 0 Å². The predicted molar refractivity (Wildman–Crippen MR) is 105 cm³/mol. The van der Waals surface area contributed by atoms with E-state index < -0.39 is 0 Å². The van der Waals surface area contributed by atoms with E-state index in [1.807, 2.05) is 0 Å². The lowest BCUT2D eigenvalue weighted by Gasteiger charge is -2.29. The lowest BCUT2D eigenvalue weighted by Crippen LogP contribution is -2.10. The first-order valence-electron chi connectivity index (χ1n) is 8.71. The van der Waals surface area contributed by atoms with Gasteiger partial charge in [0.25, 0.3) is 0 Å². The number of hydrogen-bond donors (Lipinski definition) is 0. The molecule has 0 aromatic heterocycles. The van der Waals surface area contributed by atoms with Gasteiger partial charge in [0.2, 0.25) is 0 Å². The van der Waals surface area contributed by atoms with Crippen molar-refractivity contribution in [3.63, 3.8) is 0 Å². The van der Waals surface area contributed by atoms with E-state index in [0.29, 0.717) is 0 Å². The van der Waals surface area contributed by atoms with E-state index in [1.54, 1.807) is 0 Å². The van der Waals surface area contributed by atoms with Crippen molar-refractivity contribution in [1.82, 2.24) is 0 Å². The van der Waals surface area contributed by atoms with Gasteiger partial charge in [0, 0.05) is 17.0 Å². The van der Waals surface area contributed by atoms with Crippen LogP contribution in [-0.2, 0) is 0 Å². The molecule has 0 fully saturated rings. The molecule has 0 spiro atoms.